The van der Waals surface area contributed by atoms with Gasteiger partial charge in [0, 0.05) is 23.6 Å². The lowest BCUT2D eigenvalue weighted by Crippen LogP contribution is -2.35. The fourth-order valence-corrected chi connectivity index (χ4v) is 5.05. The van der Waals surface area contributed by atoms with Crippen LogP contribution < -0.4 is 11.1 Å². The van der Waals surface area contributed by atoms with E-state index in [1.165, 1.54) is 12.1 Å². The summed E-state index contributed by atoms with van der Waals surface area (Å²) in [5.41, 5.74) is 11.1. The molecule has 39 heavy (non-hydrogen) atoms. The molecule has 1 fully saturated rings. The van der Waals surface area contributed by atoms with Crippen LogP contribution in [0.1, 0.15) is 56.0 Å². The zero-order valence-corrected chi connectivity index (χ0v) is 21.2. The number of nitrogens with zero attached hydrogens (tertiary/aromatic N) is 2. The number of rotatable bonds is 7. The second-order valence-electron chi connectivity index (χ2n) is 9.98. The monoisotopic (exact) mass is 520 g/mol. The number of aryl methyl sites for hydroxylation is 1. The predicted octanol–water partition coefficient (Wildman–Crippen LogP) is 5.45. The second kappa shape index (κ2) is 9.47. The molecule has 0 unspecified atom stereocenters. The number of halogens is 1. The molecule has 3 aromatic carbocycles. The summed E-state index contributed by atoms with van der Waals surface area (Å²) < 4.78 is 19.4. The van der Waals surface area contributed by atoms with Gasteiger partial charge in [0.2, 0.25) is 0 Å². The maximum atomic E-state index is 13.4. The van der Waals surface area contributed by atoms with E-state index in [4.69, 9.17) is 10.2 Å². The van der Waals surface area contributed by atoms with Gasteiger partial charge in [-0.15, -0.1) is 0 Å². The number of hydrogen-bond donors (Lipinski definition) is 2. The van der Waals surface area contributed by atoms with Gasteiger partial charge in [-0.2, -0.15) is 10.2 Å². The SMILES string of the molecule is Cc1ccc(C(=O)NC2(c3ccnnc3)CC2)cc1-c1ccc2oc(Cc3ccc(F)cc3)c(C(N)=O)c2c1. The van der Waals surface area contributed by atoms with Crippen LogP contribution in [-0.4, -0.2) is 22.0 Å². The molecule has 2 amide bonds. The Hall–Kier alpha value is -4.85. The summed E-state index contributed by atoms with van der Waals surface area (Å²) in [5.74, 6) is -0.690. The number of amides is 2. The van der Waals surface area contributed by atoms with Crippen molar-refractivity contribution < 1.29 is 18.4 Å². The normalized spacial score (nSPS) is 13.8. The molecule has 1 aliphatic carbocycles. The van der Waals surface area contributed by atoms with Gasteiger partial charge in [0.25, 0.3) is 11.8 Å². The molecule has 1 aliphatic rings. The van der Waals surface area contributed by atoms with Gasteiger partial charge >= 0.3 is 0 Å². The third-order valence-electron chi connectivity index (χ3n) is 7.34. The summed E-state index contributed by atoms with van der Waals surface area (Å²) in [6.45, 7) is 1.97. The Morgan fingerprint density at radius 3 is 2.51 bits per heavy atom. The number of aromatic nitrogens is 2. The number of carbonyl (C=O) groups is 2. The van der Waals surface area contributed by atoms with Crippen LogP contribution in [0.25, 0.3) is 22.1 Å². The highest BCUT2D eigenvalue weighted by molar-refractivity contribution is 6.07. The van der Waals surface area contributed by atoms with Crippen molar-refractivity contribution in [2.24, 2.45) is 5.73 Å². The van der Waals surface area contributed by atoms with E-state index in [1.807, 2.05) is 37.3 Å². The summed E-state index contributed by atoms with van der Waals surface area (Å²) >= 11 is 0. The van der Waals surface area contributed by atoms with Crippen LogP contribution in [0.2, 0.25) is 0 Å². The molecule has 2 aromatic heterocycles. The van der Waals surface area contributed by atoms with Crippen molar-refractivity contribution in [2.45, 2.75) is 31.7 Å². The van der Waals surface area contributed by atoms with Crippen LogP contribution in [0.3, 0.4) is 0 Å². The Kier molecular flexibility index (Phi) is 5.95. The molecule has 0 atom stereocenters. The Balaban J connectivity index is 1.34. The van der Waals surface area contributed by atoms with Crippen LogP contribution in [-0.2, 0) is 12.0 Å². The average molecular weight is 521 g/mol. The Morgan fingerprint density at radius 1 is 1.03 bits per heavy atom. The topological polar surface area (TPSA) is 111 Å². The zero-order valence-electron chi connectivity index (χ0n) is 21.2. The smallest absolute Gasteiger partial charge is 0.252 e. The lowest BCUT2D eigenvalue weighted by atomic mass is 9.95. The minimum Gasteiger partial charge on any atom is -0.460 e. The summed E-state index contributed by atoms with van der Waals surface area (Å²) in [7, 11) is 0. The van der Waals surface area contributed by atoms with Crippen molar-refractivity contribution >= 4 is 22.8 Å². The van der Waals surface area contributed by atoms with E-state index < -0.39 is 11.4 Å². The fourth-order valence-electron chi connectivity index (χ4n) is 5.05. The summed E-state index contributed by atoms with van der Waals surface area (Å²) in [6, 6.07) is 19.0. The first-order valence-electron chi connectivity index (χ1n) is 12.6. The molecule has 6 rings (SSSR count). The van der Waals surface area contributed by atoms with Gasteiger partial charge in [0.1, 0.15) is 17.2 Å². The quantitative estimate of drug-likeness (QED) is 0.297. The van der Waals surface area contributed by atoms with Crippen molar-refractivity contribution in [3.05, 3.63) is 119 Å². The summed E-state index contributed by atoms with van der Waals surface area (Å²) in [6.07, 6.45) is 5.30. The third kappa shape index (κ3) is 4.65. The van der Waals surface area contributed by atoms with Crippen molar-refractivity contribution in [2.75, 3.05) is 0 Å². The Labute approximate surface area is 223 Å². The molecule has 0 bridgehead atoms. The van der Waals surface area contributed by atoms with Crippen LogP contribution >= 0.6 is 0 Å². The lowest BCUT2D eigenvalue weighted by Gasteiger charge is -2.18. The minimum atomic E-state index is -0.604. The maximum Gasteiger partial charge on any atom is 0.252 e. The standard InChI is InChI=1S/C31H25FN4O3/c1-18-2-5-21(30(38)36-31(11-12-31)22-10-13-34-35-17-22)16-24(18)20-6-9-26-25(15-20)28(29(33)37)27(39-26)14-19-3-7-23(32)8-4-19/h2-10,13,15-17H,11-12,14H2,1H3,(H2,33,37)(H,36,38). The van der Waals surface area contributed by atoms with Gasteiger partial charge in [-0.05, 0) is 90.0 Å². The first-order valence-corrected chi connectivity index (χ1v) is 12.6. The molecule has 8 heteroatoms. The van der Waals surface area contributed by atoms with Crippen LogP contribution in [0, 0.1) is 12.7 Å². The number of benzene rings is 3. The fraction of sp³-hybridized carbons (Fsp3) is 0.161. The third-order valence-corrected chi connectivity index (χ3v) is 7.34. The highest BCUT2D eigenvalue weighted by Crippen LogP contribution is 2.45. The van der Waals surface area contributed by atoms with Crippen molar-refractivity contribution in [1.29, 1.82) is 0 Å². The van der Waals surface area contributed by atoms with Crippen LogP contribution in [0.15, 0.2) is 83.5 Å². The number of hydrogen-bond acceptors (Lipinski definition) is 5. The van der Waals surface area contributed by atoms with Crippen molar-refractivity contribution in [1.82, 2.24) is 15.5 Å². The lowest BCUT2D eigenvalue weighted by molar-refractivity contribution is 0.0929. The number of primary amides is 1. The summed E-state index contributed by atoms with van der Waals surface area (Å²) in [5, 5.41) is 11.5. The first kappa shape index (κ1) is 24.5. The van der Waals surface area contributed by atoms with E-state index in [-0.39, 0.29) is 11.7 Å². The molecule has 3 N–H and O–H groups in total. The number of nitrogens with two attached hydrogens (primary N) is 1. The van der Waals surface area contributed by atoms with E-state index in [1.54, 1.807) is 36.7 Å². The highest BCUT2D eigenvalue weighted by atomic mass is 19.1. The Morgan fingerprint density at radius 2 is 1.82 bits per heavy atom. The second-order valence-corrected chi connectivity index (χ2v) is 9.98. The number of nitrogens with one attached hydrogen (secondary N) is 1. The molecule has 5 aromatic rings. The molecule has 1 saturated carbocycles. The van der Waals surface area contributed by atoms with Gasteiger partial charge in [0.05, 0.1) is 17.3 Å². The molecular formula is C31H25FN4O3. The molecule has 0 radical (unpaired) electrons. The average Bonchev–Trinajstić information content (AvgIpc) is 3.62. The van der Waals surface area contributed by atoms with Gasteiger partial charge in [-0.3, -0.25) is 9.59 Å². The molecule has 0 saturated heterocycles. The molecule has 7 nitrogen and oxygen atoms in total. The molecule has 2 heterocycles. The van der Waals surface area contributed by atoms with Crippen molar-refractivity contribution in [3.8, 4) is 11.1 Å². The van der Waals surface area contributed by atoms with Gasteiger partial charge in [-0.25, -0.2) is 4.39 Å². The predicted molar refractivity (Wildman–Crippen MR) is 145 cm³/mol. The largest absolute Gasteiger partial charge is 0.460 e. The molecule has 0 spiro atoms. The number of carbonyl (C=O) groups excluding carboxylic acids is 2. The van der Waals surface area contributed by atoms with Crippen LogP contribution in [0.4, 0.5) is 4.39 Å². The van der Waals surface area contributed by atoms with Crippen LogP contribution in [0.5, 0.6) is 0 Å². The van der Waals surface area contributed by atoms with Crippen molar-refractivity contribution in [3.63, 3.8) is 0 Å². The molecule has 194 valence electrons. The minimum absolute atomic E-state index is 0.172. The van der Waals surface area contributed by atoms with Gasteiger partial charge < -0.3 is 15.5 Å². The Bertz CT molecular complexity index is 1720. The summed E-state index contributed by atoms with van der Waals surface area (Å²) in [4.78, 5) is 25.8. The highest BCUT2D eigenvalue weighted by Gasteiger charge is 2.46. The van der Waals surface area contributed by atoms with E-state index >= 15 is 0 Å². The maximum absolute atomic E-state index is 13.4. The zero-order chi connectivity index (χ0) is 27.1. The van der Waals surface area contributed by atoms with E-state index in [2.05, 4.69) is 15.5 Å². The van der Waals surface area contributed by atoms with E-state index in [0.717, 1.165) is 40.7 Å². The molecule has 0 aliphatic heterocycles. The van der Waals surface area contributed by atoms with Gasteiger partial charge in [0.15, 0.2) is 0 Å². The number of furan rings is 1. The molecular weight excluding hydrogens is 495 g/mol. The van der Waals surface area contributed by atoms with Gasteiger partial charge in [-0.1, -0.05) is 24.3 Å². The van der Waals surface area contributed by atoms with E-state index in [9.17, 15) is 14.0 Å². The first-order chi connectivity index (χ1) is 18.8. The van der Waals surface area contributed by atoms with E-state index in [0.29, 0.717) is 34.3 Å². The number of fused-ring (bicyclic) bond motifs is 1.